The highest BCUT2D eigenvalue weighted by atomic mass is 16.5. The third kappa shape index (κ3) is 2.48. The van der Waals surface area contributed by atoms with Gasteiger partial charge in [-0.25, -0.2) is 0 Å². The van der Waals surface area contributed by atoms with E-state index in [1.165, 1.54) is 7.11 Å². The van der Waals surface area contributed by atoms with Crippen molar-refractivity contribution >= 4 is 11.9 Å². The Morgan fingerprint density at radius 1 is 1.25 bits per heavy atom. The van der Waals surface area contributed by atoms with Crippen molar-refractivity contribution in [1.29, 1.82) is 0 Å². The van der Waals surface area contributed by atoms with Crippen LogP contribution in [0.25, 0.3) is 0 Å². The summed E-state index contributed by atoms with van der Waals surface area (Å²) < 4.78 is 10.3. The maximum atomic E-state index is 5.58. The van der Waals surface area contributed by atoms with Gasteiger partial charge in [0.05, 0.1) is 13.7 Å². The lowest BCUT2D eigenvalue weighted by Gasteiger charge is -2.19. The van der Waals surface area contributed by atoms with E-state index < -0.39 is 0 Å². The molecule has 1 aliphatic heterocycles. The first-order chi connectivity index (χ1) is 7.79. The normalized spacial score (nSPS) is 16.9. The van der Waals surface area contributed by atoms with Crippen LogP contribution in [0, 0.1) is 0 Å². The Bertz CT molecular complexity index is 352. The summed E-state index contributed by atoms with van der Waals surface area (Å²) in [4.78, 5) is 14.1. The molecule has 0 radical (unpaired) electrons. The van der Waals surface area contributed by atoms with Crippen molar-refractivity contribution in [2.75, 3.05) is 44.0 Å². The third-order valence-corrected chi connectivity index (χ3v) is 2.31. The van der Waals surface area contributed by atoms with Gasteiger partial charge in [-0.15, -0.1) is 0 Å². The van der Waals surface area contributed by atoms with Gasteiger partial charge < -0.3 is 20.1 Å². The summed E-state index contributed by atoms with van der Waals surface area (Å²) in [7, 11) is 1.50. The SMILES string of the molecule is COc1nc(N)nc(N2CCCOCC2)n1. The second-order valence-electron chi connectivity index (χ2n) is 3.43. The molecule has 7 heteroatoms. The minimum absolute atomic E-state index is 0.173. The highest BCUT2D eigenvalue weighted by Crippen LogP contribution is 2.14. The lowest BCUT2D eigenvalue weighted by atomic mass is 10.4. The van der Waals surface area contributed by atoms with Crippen molar-refractivity contribution in [2.45, 2.75) is 6.42 Å². The summed E-state index contributed by atoms with van der Waals surface area (Å²) in [5.74, 6) is 0.724. The zero-order chi connectivity index (χ0) is 11.4. The predicted molar refractivity (Wildman–Crippen MR) is 58.4 cm³/mol. The number of anilines is 2. The number of hydrogen-bond donors (Lipinski definition) is 1. The summed E-state index contributed by atoms with van der Waals surface area (Å²) in [6.07, 6.45) is 0.952. The first-order valence-corrected chi connectivity index (χ1v) is 5.18. The fourth-order valence-corrected chi connectivity index (χ4v) is 1.54. The molecule has 16 heavy (non-hydrogen) atoms. The second kappa shape index (κ2) is 4.93. The molecule has 0 unspecified atom stereocenters. The molecule has 1 aliphatic rings. The van der Waals surface area contributed by atoms with E-state index in [0.717, 1.165) is 26.1 Å². The number of nitrogens with zero attached hydrogens (tertiary/aromatic N) is 4. The van der Waals surface area contributed by atoms with Crippen LogP contribution in [0.2, 0.25) is 0 Å². The fourth-order valence-electron chi connectivity index (χ4n) is 1.54. The Kier molecular flexibility index (Phi) is 3.35. The minimum Gasteiger partial charge on any atom is -0.467 e. The monoisotopic (exact) mass is 225 g/mol. The van der Waals surface area contributed by atoms with Crippen molar-refractivity contribution in [3.63, 3.8) is 0 Å². The Morgan fingerprint density at radius 3 is 2.94 bits per heavy atom. The maximum absolute atomic E-state index is 5.58. The molecule has 88 valence electrons. The Morgan fingerprint density at radius 2 is 2.12 bits per heavy atom. The van der Waals surface area contributed by atoms with Crippen molar-refractivity contribution in [3.05, 3.63) is 0 Å². The van der Waals surface area contributed by atoms with Crippen molar-refractivity contribution < 1.29 is 9.47 Å². The summed E-state index contributed by atoms with van der Waals surface area (Å²) in [5, 5.41) is 0. The summed E-state index contributed by atoms with van der Waals surface area (Å²) in [5.41, 5.74) is 5.58. The largest absolute Gasteiger partial charge is 0.467 e. The molecular weight excluding hydrogens is 210 g/mol. The molecule has 1 aromatic rings. The fraction of sp³-hybridized carbons (Fsp3) is 0.667. The van der Waals surface area contributed by atoms with Gasteiger partial charge in [-0.1, -0.05) is 0 Å². The molecule has 0 aromatic carbocycles. The standard InChI is InChI=1S/C9H15N5O2/c1-15-9-12-7(10)11-8(13-9)14-3-2-5-16-6-4-14/h2-6H2,1H3,(H2,10,11,12,13). The maximum Gasteiger partial charge on any atom is 0.322 e. The second-order valence-corrected chi connectivity index (χ2v) is 3.43. The summed E-state index contributed by atoms with van der Waals surface area (Å²) in [6, 6.07) is 0.243. The average molecular weight is 225 g/mol. The third-order valence-electron chi connectivity index (χ3n) is 2.31. The summed E-state index contributed by atoms with van der Waals surface area (Å²) >= 11 is 0. The van der Waals surface area contributed by atoms with E-state index in [1.807, 2.05) is 4.90 Å². The first kappa shape index (κ1) is 10.9. The van der Waals surface area contributed by atoms with Crippen LogP contribution in [0.1, 0.15) is 6.42 Å². The predicted octanol–water partition coefficient (Wildman–Crippen LogP) is -0.311. The van der Waals surface area contributed by atoms with Gasteiger partial charge in [-0.3, -0.25) is 0 Å². The highest BCUT2D eigenvalue weighted by molar-refractivity contribution is 5.35. The van der Waals surface area contributed by atoms with E-state index >= 15 is 0 Å². The zero-order valence-corrected chi connectivity index (χ0v) is 9.22. The number of methoxy groups -OCH3 is 1. The van der Waals surface area contributed by atoms with E-state index in [0.29, 0.717) is 12.6 Å². The van der Waals surface area contributed by atoms with Gasteiger partial charge in [0.1, 0.15) is 0 Å². The number of rotatable bonds is 2. The number of nitrogens with two attached hydrogens (primary N) is 1. The molecular formula is C9H15N5O2. The van der Waals surface area contributed by atoms with Crippen LogP contribution in [-0.4, -0.2) is 48.4 Å². The molecule has 1 aromatic heterocycles. The first-order valence-electron chi connectivity index (χ1n) is 5.18. The topological polar surface area (TPSA) is 86.4 Å². The van der Waals surface area contributed by atoms with Gasteiger partial charge in [0.15, 0.2) is 0 Å². The molecule has 0 amide bonds. The molecule has 2 heterocycles. The van der Waals surface area contributed by atoms with Crippen LogP contribution < -0.4 is 15.4 Å². The van der Waals surface area contributed by atoms with E-state index in [1.54, 1.807) is 0 Å². The lowest BCUT2D eigenvalue weighted by molar-refractivity contribution is 0.152. The average Bonchev–Trinajstić information content (AvgIpc) is 2.56. The molecule has 2 N–H and O–H groups in total. The molecule has 7 nitrogen and oxygen atoms in total. The Hall–Kier alpha value is -1.63. The molecule has 0 bridgehead atoms. The Balaban J connectivity index is 2.20. The van der Waals surface area contributed by atoms with Crippen molar-refractivity contribution in [2.24, 2.45) is 0 Å². The molecule has 0 aliphatic carbocycles. The quantitative estimate of drug-likeness (QED) is 0.738. The van der Waals surface area contributed by atoms with Gasteiger partial charge in [0.2, 0.25) is 11.9 Å². The molecule has 0 spiro atoms. The minimum atomic E-state index is 0.173. The van der Waals surface area contributed by atoms with Crippen LogP contribution in [0.5, 0.6) is 6.01 Å². The molecule has 2 rings (SSSR count). The summed E-state index contributed by atoms with van der Waals surface area (Å²) in [6.45, 7) is 3.06. The van der Waals surface area contributed by atoms with E-state index in [2.05, 4.69) is 15.0 Å². The van der Waals surface area contributed by atoms with Crippen LogP contribution in [0.3, 0.4) is 0 Å². The number of nitrogen functional groups attached to an aromatic ring is 1. The van der Waals surface area contributed by atoms with E-state index in [9.17, 15) is 0 Å². The van der Waals surface area contributed by atoms with Gasteiger partial charge in [0.25, 0.3) is 0 Å². The number of ether oxygens (including phenoxy) is 2. The molecule has 1 fully saturated rings. The van der Waals surface area contributed by atoms with Crippen LogP contribution in [0.15, 0.2) is 0 Å². The lowest BCUT2D eigenvalue weighted by Crippen LogP contribution is -2.28. The van der Waals surface area contributed by atoms with Gasteiger partial charge in [-0.2, -0.15) is 15.0 Å². The van der Waals surface area contributed by atoms with Crippen LogP contribution in [-0.2, 0) is 4.74 Å². The molecule has 0 saturated carbocycles. The number of aromatic nitrogens is 3. The van der Waals surface area contributed by atoms with Crippen LogP contribution in [0.4, 0.5) is 11.9 Å². The van der Waals surface area contributed by atoms with Crippen molar-refractivity contribution in [3.8, 4) is 6.01 Å². The zero-order valence-electron chi connectivity index (χ0n) is 9.22. The number of hydrogen-bond acceptors (Lipinski definition) is 7. The van der Waals surface area contributed by atoms with Gasteiger partial charge in [-0.05, 0) is 6.42 Å². The molecule has 1 saturated heterocycles. The van der Waals surface area contributed by atoms with Gasteiger partial charge >= 0.3 is 6.01 Å². The van der Waals surface area contributed by atoms with Crippen LogP contribution >= 0.6 is 0 Å². The van der Waals surface area contributed by atoms with Crippen molar-refractivity contribution in [1.82, 2.24) is 15.0 Å². The van der Waals surface area contributed by atoms with Gasteiger partial charge in [0, 0.05) is 19.7 Å². The highest BCUT2D eigenvalue weighted by Gasteiger charge is 2.14. The van der Waals surface area contributed by atoms with E-state index in [4.69, 9.17) is 15.2 Å². The Labute approximate surface area is 93.6 Å². The van der Waals surface area contributed by atoms with E-state index in [-0.39, 0.29) is 12.0 Å². The smallest absolute Gasteiger partial charge is 0.322 e. The molecule has 0 atom stereocenters.